The summed E-state index contributed by atoms with van der Waals surface area (Å²) in [4.78, 5) is 31.8. The van der Waals surface area contributed by atoms with E-state index >= 15 is 0 Å². The molecule has 9 heteroatoms. The van der Waals surface area contributed by atoms with Crippen LogP contribution >= 0.6 is 11.3 Å². The quantitative estimate of drug-likeness (QED) is 0.548. The van der Waals surface area contributed by atoms with Gasteiger partial charge in [0.15, 0.2) is 5.13 Å². The number of nitrogens with one attached hydrogen (secondary N) is 2. The molecule has 0 aliphatic rings. The van der Waals surface area contributed by atoms with Crippen molar-refractivity contribution in [1.82, 2.24) is 15.3 Å². The first kappa shape index (κ1) is 20.4. The first-order valence-corrected chi connectivity index (χ1v) is 9.62. The monoisotopic (exact) mass is 412 g/mol. The van der Waals surface area contributed by atoms with Gasteiger partial charge in [0.2, 0.25) is 0 Å². The average Bonchev–Trinajstić information content (AvgIpc) is 3.16. The summed E-state index contributed by atoms with van der Waals surface area (Å²) in [5, 5.41) is 15.8. The van der Waals surface area contributed by atoms with Gasteiger partial charge in [0.25, 0.3) is 5.91 Å². The van der Waals surface area contributed by atoms with Crippen molar-refractivity contribution in [3.63, 3.8) is 0 Å². The zero-order valence-corrected chi connectivity index (χ0v) is 16.7. The molecule has 1 unspecified atom stereocenters. The Bertz CT molecular complexity index is 1020. The highest BCUT2D eigenvalue weighted by Crippen LogP contribution is 2.29. The van der Waals surface area contributed by atoms with Crippen molar-refractivity contribution in [2.45, 2.75) is 13.0 Å². The van der Waals surface area contributed by atoms with Gasteiger partial charge < -0.3 is 20.5 Å². The lowest BCUT2D eigenvalue weighted by Crippen LogP contribution is -2.46. The normalized spacial score (nSPS) is 11.7. The number of thiazole rings is 1. The SMILES string of the molecule is COCC(NC(=O)O)C(=O)Nc1nc(-c2cccc(-c3ccnc(C)c3)c2)cs1. The number of ether oxygens (including phenoxy) is 1. The summed E-state index contributed by atoms with van der Waals surface area (Å²) in [6.45, 7) is 1.86. The summed E-state index contributed by atoms with van der Waals surface area (Å²) in [6, 6.07) is 10.9. The van der Waals surface area contributed by atoms with E-state index in [1.165, 1.54) is 18.4 Å². The molecule has 0 fully saturated rings. The van der Waals surface area contributed by atoms with Gasteiger partial charge in [0.1, 0.15) is 6.04 Å². The minimum atomic E-state index is -1.30. The maximum absolute atomic E-state index is 12.3. The third-order valence-corrected chi connectivity index (χ3v) is 4.83. The highest BCUT2D eigenvalue weighted by Gasteiger charge is 2.21. The number of carbonyl (C=O) groups is 2. The fraction of sp³-hybridized carbons (Fsp3) is 0.200. The minimum absolute atomic E-state index is 0.0796. The van der Waals surface area contributed by atoms with Gasteiger partial charge in [-0.3, -0.25) is 9.78 Å². The molecular formula is C20H20N4O4S. The molecule has 2 amide bonds. The van der Waals surface area contributed by atoms with Crippen molar-refractivity contribution >= 4 is 28.5 Å². The van der Waals surface area contributed by atoms with E-state index in [1.54, 1.807) is 6.20 Å². The molecule has 1 aromatic carbocycles. The largest absolute Gasteiger partial charge is 0.465 e. The fourth-order valence-corrected chi connectivity index (χ4v) is 3.46. The van der Waals surface area contributed by atoms with E-state index in [9.17, 15) is 9.59 Å². The summed E-state index contributed by atoms with van der Waals surface area (Å²) in [6.07, 6.45) is 0.472. The summed E-state index contributed by atoms with van der Waals surface area (Å²) < 4.78 is 4.89. The second-order valence-electron chi connectivity index (χ2n) is 6.25. The van der Waals surface area contributed by atoms with Crippen molar-refractivity contribution in [1.29, 1.82) is 0 Å². The number of aryl methyl sites for hydroxylation is 1. The van der Waals surface area contributed by atoms with Crippen molar-refractivity contribution in [3.05, 3.63) is 53.7 Å². The number of benzene rings is 1. The molecular weight excluding hydrogens is 392 g/mol. The average molecular weight is 412 g/mol. The van der Waals surface area contributed by atoms with E-state index in [0.29, 0.717) is 10.8 Å². The third-order valence-electron chi connectivity index (χ3n) is 4.07. The van der Waals surface area contributed by atoms with Crippen LogP contribution < -0.4 is 10.6 Å². The zero-order valence-electron chi connectivity index (χ0n) is 15.9. The van der Waals surface area contributed by atoms with Crippen molar-refractivity contribution in [3.8, 4) is 22.4 Å². The minimum Gasteiger partial charge on any atom is -0.465 e. The van der Waals surface area contributed by atoms with Crippen LogP contribution in [-0.4, -0.2) is 46.8 Å². The summed E-state index contributed by atoms with van der Waals surface area (Å²) in [5.74, 6) is -0.531. The first-order chi connectivity index (χ1) is 14.0. The number of pyridine rings is 1. The van der Waals surface area contributed by atoms with Gasteiger partial charge in [-0.15, -0.1) is 11.3 Å². The molecule has 0 radical (unpaired) electrons. The Labute approximate surface area is 171 Å². The van der Waals surface area contributed by atoms with Gasteiger partial charge >= 0.3 is 6.09 Å². The Morgan fingerprint density at radius 2 is 1.97 bits per heavy atom. The predicted octanol–water partition coefficient (Wildman–Crippen LogP) is 3.40. The topological polar surface area (TPSA) is 113 Å². The van der Waals surface area contributed by atoms with Crippen LogP contribution in [-0.2, 0) is 9.53 Å². The summed E-state index contributed by atoms with van der Waals surface area (Å²) in [5.41, 5.74) is 4.66. The molecule has 3 rings (SSSR count). The maximum atomic E-state index is 12.3. The van der Waals surface area contributed by atoms with Gasteiger partial charge in [-0.1, -0.05) is 18.2 Å². The van der Waals surface area contributed by atoms with Crippen LogP contribution in [0.25, 0.3) is 22.4 Å². The number of nitrogens with zero attached hydrogens (tertiary/aromatic N) is 2. The molecule has 2 heterocycles. The number of hydrogen-bond acceptors (Lipinski definition) is 6. The lowest BCUT2D eigenvalue weighted by atomic mass is 10.0. The zero-order chi connectivity index (χ0) is 20.8. The second kappa shape index (κ2) is 9.26. The summed E-state index contributed by atoms with van der Waals surface area (Å²) in [7, 11) is 1.39. The summed E-state index contributed by atoms with van der Waals surface area (Å²) >= 11 is 1.26. The van der Waals surface area contributed by atoms with Crippen molar-refractivity contribution in [2.24, 2.45) is 0 Å². The Kier molecular flexibility index (Phi) is 6.53. The molecule has 0 aliphatic heterocycles. The van der Waals surface area contributed by atoms with E-state index in [0.717, 1.165) is 22.4 Å². The number of hydrogen-bond donors (Lipinski definition) is 3. The highest BCUT2D eigenvalue weighted by atomic mass is 32.1. The fourth-order valence-electron chi connectivity index (χ4n) is 2.74. The number of carboxylic acid groups (broad SMARTS) is 1. The van der Waals surface area contributed by atoms with Gasteiger partial charge in [-0.25, -0.2) is 9.78 Å². The Morgan fingerprint density at radius 1 is 1.21 bits per heavy atom. The molecule has 0 spiro atoms. The van der Waals surface area contributed by atoms with Crippen molar-refractivity contribution in [2.75, 3.05) is 19.0 Å². The number of rotatable bonds is 7. The van der Waals surface area contributed by atoms with Crippen LogP contribution in [0, 0.1) is 6.92 Å². The number of anilines is 1. The van der Waals surface area contributed by atoms with E-state index in [2.05, 4.69) is 20.6 Å². The van der Waals surface area contributed by atoms with Gasteiger partial charge in [-0.2, -0.15) is 0 Å². The third kappa shape index (κ3) is 5.37. The lowest BCUT2D eigenvalue weighted by molar-refractivity contribution is -0.119. The van der Waals surface area contributed by atoms with Gasteiger partial charge in [-0.05, 0) is 36.2 Å². The second-order valence-corrected chi connectivity index (χ2v) is 7.11. The smallest absolute Gasteiger partial charge is 0.405 e. The Morgan fingerprint density at radius 3 is 2.69 bits per heavy atom. The lowest BCUT2D eigenvalue weighted by Gasteiger charge is -2.14. The molecule has 1 atom stereocenters. The molecule has 150 valence electrons. The number of aromatic nitrogens is 2. The number of amides is 2. The van der Waals surface area contributed by atoms with E-state index in [-0.39, 0.29) is 6.61 Å². The molecule has 3 N–H and O–H groups in total. The van der Waals surface area contributed by atoms with Gasteiger partial charge in [0, 0.05) is 29.9 Å². The van der Waals surface area contributed by atoms with Crippen LogP contribution in [0.2, 0.25) is 0 Å². The molecule has 3 aromatic rings. The molecule has 0 bridgehead atoms. The van der Waals surface area contributed by atoms with Gasteiger partial charge in [0.05, 0.1) is 12.3 Å². The molecule has 2 aromatic heterocycles. The molecule has 29 heavy (non-hydrogen) atoms. The maximum Gasteiger partial charge on any atom is 0.405 e. The van der Waals surface area contributed by atoms with Crippen LogP contribution in [0.3, 0.4) is 0 Å². The Balaban J connectivity index is 1.77. The van der Waals surface area contributed by atoms with E-state index in [4.69, 9.17) is 9.84 Å². The van der Waals surface area contributed by atoms with Crippen LogP contribution in [0.5, 0.6) is 0 Å². The number of carbonyl (C=O) groups excluding carboxylic acids is 1. The molecule has 8 nitrogen and oxygen atoms in total. The van der Waals surface area contributed by atoms with Crippen LogP contribution in [0.4, 0.5) is 9.93 Å². The van der Waals surface area contributed by atoms with Crippen LogP contribution in [0.1, 0.15) is 5.69 Å². The van der Waals surface area contributed by atoms with Crippen molar-refractivity contribution < 1.29 is 19.4 Å². The van der Waals surface area contributed by atoms with E-state index < -0.39 is 18.0 Å². The highest BCUT2D eigenvalue weighted by molar-refractivity contribution is 7.14. The molecule has 0 aliphatic carbocycles. The van der Waals surface area contributed by atoms with E-state index in [1.807, 2.05) is 48.7 Å². The molecule has 0 saturated carbocycles. The van der Waals surface area contributed by atoms with Crippen LogP contribution in [0.15, 0.2) is 48.0 Å². The molecule has 0 saturated heterocycles. The standard InChI is InChI=1S/C20H20N4O4S/c1-12-8-14(6-7-21-12)13-4-3-5-15(9-13)17-11-29-19(22-17)24-18(25)16(10-28-2)23-20(26)27/h3-9,11,16,23H,10H2,1-2H3,(H,26,27)(H,22,24,25). The number of methoxy groups -OCH3 is 1. The predicted molar refractivity (Wildman–Crippen MR) is 111 cm³/mol. The Hall–Kier alpha value is -3.30. The first-order valence-electron chi connectivity index (χ1n) is 8.74.